The molecule has 4 rings (SSSR count). The van der Waals surface area contributed by atoms with Crippen LogP contribution in [0.15, 0.2) is 60.1 Å². The minimum atomic E-state index is -0.145. The molecular weight excluding hydrogens is 358 g/mol. The second-order valence-electron chi connectivity index (χ2n) is 6.38. The van der Waals surface area contributed by atoms with Crippen molar-refractivity contribution in [2.75, 3.05) is 29.6 Å². The molecule has 27 heavy (non-hydrogen) atoms. The van der Waals surface area contributed by atoms with E-state index in [9.17, 15) is 4.79 Å². The highest BCUT2D eigenvalue weighted by Gasteiger charge is 2.13. The Morgan fingerprint density at radius 2 is 1.85 bits per heavy atom. The second-order valence-corrected chi connectivity index (χ2v) is 7.16. The van der Waals surface area contributed by atoms with Gasteiger partial charge in [0.1, 0.15) is 5.82 Å². The number of carbonyl (C=O) groups excluding carboxylic acids is 1. The molecule has 0 spiro atoms. The Labute approximate surface area is 162 Å². The first-order chi connectivity index (χ1) is 13.2. The number of nitrogens with zero attached hydrogens (tertiary/aromatic N) is 4. The molecule has 0 radical (unpaired) electrons. The number of pyridine rings is 1. The summed E-state index contributed by atoms with van der Waals surface area (Å²) in [5.41, 5.74) is 2.28. The van der Waals surface area contributed by atoms with Crippen LogP contribution in [0.5, 0.6) is 0 Å². The van der Waals surface area contributed by atoms with Crippen molar-refractivity contribution in [2.45, 2.75) is 18.0 Å². The topological polar surface area (TPSA) is 63.1 Å². The van der Waals surface area contributed by atoms with Gasteiger partial charge in [-0.1, -0.05) is 11.8 Å². The fourth-order valence-electron chi connectivity index (χ4n) is 3.21. The predicted octanol–water partition coefficient (Wildman–Crippen LogP) is 3.84. The van der Waals surface area contributed by atoms with Crippen LogP contribution < -0.4 is 10.2 Å². The van der Waals surface area contributed by atoms with Crippen molar-refractivity contribution >= 4 is 29.2 Å². The van der Waals surface area contributed by atoms with E-state index in [1.165, 1.54) is 12.8 Å². The predicted molar refractivity (Wildman–Crippen MR) is 109 cm³/mol. The number of imidazole rings is 1. The first-order valence-electron chi connectivity index (χ1n) is 8.95. The highest BCUT2D eigenvalue weighted by Crippen LogP contribution is 2.21. The number of aromatic nitrogens is 3. The van der Waals surface area contributed by atoms with E-state index >= 15 is 0 Å². The van der Waals surface area contributed by atoms with E-state index in [0.29, 0.717) is 11.3 Å². The van der Waals surface area contributed by atoms with Gasteiger partial charge in [0.15, 0.2) is 5.16 Å². The van der Waals surface area contributed by atoms with Crippen LogP contribution in [0.1, 0.15) is 23.2 Å². The highest BCUT2D eigenvalue weighted by atomic mass is 32.2. The van der Waals surface area contributed by atoms with Gasteiger partial charge in [0.25, 0.3) is 5.91 Å². The minimum Gasteiger partial charge on any atom is -0.357 e. The number of nitrogens with one attached hydrogen (secondary N) is 1. The lowest BCUT2D eigenvalue weighted by Gasteiger charge is -2.16. The zero-order valence-corrected chi connectivity index (χ0v) is 15.9. The van der Waals surface area contributed by atoms with Gasteiger partial charge >= 0.3 is 0 Å². The van der Waals surface area contributed by atoms with Gasteiger partial charge in [-0.25, -0.2) is 9.97 Å². The first-order valence-corrected chi connectivity index (χ1v) is 10.2. The largest absolute Gasteiger partial charge is 0.357 e. The quantitative estimate of drug-likeness (QED) is 0.683. The summed E-state index contributed by atoms with van der Waals surface area (Å²) in [5.74, 6) is 0.827. The summed E-state index contributed by atoms with van der Waals surface area (Å²) in [4.78, 5) is 23.5. The van der Waals surface area contributed by atoms with E-state index in [0.717, 1.165) is 29.8 Å². The van der Waals surface area contributed by atoms with Crippen molar-refractivity contribution in [1.82, 2.24) is 14.5 Å². The summed E-state index contributed by atoms with van der Waals surface area (Å²) < 4.78 is 1.99. The third-order valence-corrected chi connectivity index (χ3v) is 5.30. The molecule has 1 amide bonds. The van der Waals surface area contributed by atoms with Crippen LogP contribution in [-0.4, -0.2) is 39.8 Å². The lowest BCUT2D eigenvalue weighted by molar-refractivity contribution is 0.102. The molecule has 2 aromatic heterocycles. The molecular formula is C20H21N5OS. The van der Waals surface area contributed by atoms with Crippen LogP contribution in [-0.2, 0) is 0 Å². The van der Waals surface area contributed by atoms with E-state index in [2.05, 4.69) is 20.2 Å². The van der Waals surface area contributed by atoms with E-state index in [1.807, 2.05) is 53.4 Å². The van der Waals surface area contributed by atoms with Crippen molar-refractivity contribution in [2.24, 2.45) is 0 Å². The molecule has 0 aliphatic carbocycles. The van der Waals surface area contributed by atoms with Crippen molar-refractivity contribution in [1.29, 1.82) is 0 Å². The number of rotatable bonds is 5. The molecule has 1 aliphatic rings. The maximum absolute atomic E-state index is 12.5. The number of benzene rings is 1. The van der Waals surface area contributed by atoms with Crippen LogP contribution in [0.25, 0.3) is 5.69 Å². The van der Waals surface area contributed by atoms with Crippen molar-refractivity contribution in [3.8, 4) is 5.69 Å². The maximum Gasteiger partial charge on any atom is 0.255 e. The molecule has 0 atom stereocenters. The zero-order chi connectivity index (χ0) is 18.6. The molecule has 1 aromatic carbocycles. The third kappa shape index (κ3) is 3.83. The van der Waals surface area contributed by atoms with Gasteiger partial charge in [-0.15, -0.1) is 0 Å². The van der Waals surface area contributed by atoms with Crippen LogP contribution in [0.2, 0.25) is 0 Å². The summed E-state index contributed by atoms with van der Waals surface area (Å²) in [6.07, 6.45) is 9.82. The van der Waals surface area contributed by atoms with Gasteiger partial charge in [0, 0.05) is 36.7 Å². The molecule has 0 saturated carbocycles. The average molecular weight is 379 g/mol. The number of hydrogen-bond acceptors (Lipinski definition) is 5. The lowest BCUT2D eigenvalue weighted by atomic mass is 10.2. The smallest absolute Gasteiger partial charge is 0.255 e. The number of hydrogen-bond donors (Lipinski definition) is 1. The molecule has 6 nitrogen and oxygen atoms in total. The Bertz CT molecular complexity index is 914. The molecule has 1 aliphatic heterocycles. The third-order valence-electron chi connectivity index (χ3n) is 4.63. The van der Waals surface area contributed by atoms with Gasteiger partial charge in [0.2, 0.25) is 0 Å². The Morgan fingerprint density at radius 1 is 1.07 bits per heavy atom. The molecule has 0 bridgehead atoms. The summed E-state index contributed by atoms with van der Waals surface area (Å²) in [5, 5.41) is 3.82. The van der Waals surface area contributed by atoms with E-state index in [4.69, 9.17) is 0 Å². The van der Waals surface area contributed by atoms with E-state index in [1.54, 1.807) is 24.2 Å². The normalized spacial score (nSPS) is 13.7. The van der Waals surface area contributed by atoms with Gasteiger partial charge in [-0.05, 0) is 55.5 Å². The minimum absolute atomic E-state index is 0.145. The Kier molecular flexibility index (Phi) is 5.11. The molecule has 138 valence electrons. The van der Waals surface area contributed by atoms with E-state index < -0.39 is 0 Å². The number of thioether (sulfide) groups is 1. The molecule has 3 aromatic rings. The van der Waals surface area contributed by atoms with Crippen molar-refractivity contribution in [3.05, 3.63) is 60.6 Å². The van der Waals surface area contributed by atoms with Crippen molar-refractivity contribution < 1.29 is 4.79 Å². The van der Waals surface area contributed by atoms with Gasteiger partial charge in [-0.3, -0.25) is 9.36 Å². The molecule has 1 saturated heterocycles. The molecule has 1 N–H and O–H groups in total. The maximum atomic E-state index is 12.5. The van der Waals surface area contributed by atoms with Crippen molar-refractivity contribution in [3.63, 3.8) is 0 Å². The zero-order valence-electron chi connectivity index (χ0n) is 15.1. The number of carbonyl (C=O) groups is 1. The fraction of sp³-hybridized carbons (Fsp3) is 0.250. The Morgan fingerprint density at radius 3 is 2.52 bits per heavy atom. The van der Waals surface area contributed by atoms with Crippen LogP contribution in [0.3, 0.4) is 0 Å². The Balaban J connectivity index is 1.43. The standard InChI is InChI=1S/C20H21N5OS/c1-27-20-21-10-13-25(20)17-7-4-15(5-8-17)19(26)23-16-6-9-18(22-14-16)24-11-2-3-12-24/h4-10,13-14H,2-3,11-12H2,1H3,(H,23,26). The van der Waals surface area contributed by atoms with Crippen LogP contribution >= 0.6 is 11.8 Å². The summed E-state index contributed by atoms with van der Waals surface area (Å²) in [6.45, 7) is 2.11. The van der Waals surface area contributed by atoms with Crippen LogP contribution in [0.4, 0.5) is 11.5 Å². The highest BCUT2D eigenvalue weighted by molar-refractivity contribution is 7.98. The summed E-state index contributed by atoms with van der Waals surface area (Å²) in [7, 11) is 0. The Hall–Kier alpha value is -2.80. The summed E-state index contributed by atoms with van der Waals surface area (Å²) in [6, 6.07) is 11.4. The molecule has 7 heteroatoms. The first kappa shape index (κ1) is 17.6. The van der Waals surface area contributed by atoms with Gasteiger partial charge in [0.05, 0.1) is 11.9 Å². The van der Waals surface area contributed by atoms with E-state index in [-0.39, 0.29) is 5.91 Å². The molecule has 1 fully saturated rings. The summed E-state index contributed by atoms with van der Waals surface area (Å²) >= 11 is 1.58. The second kappa shape index (κ2) is 7.84. The average Bonchev–Trinajstić information content (AvgIpc) is 3.40. The fourth-order valence-corrected chi connectivity index (χ4v) is 3.74. The van der Waals surface area contributed by atoms with Crippen LogP contribution in [0, 0.1) is 0 Å². The monoisotopic (exact) mass is 379 g/mol. The van der Waals surface area contributed by atoms with Gasteiger partial charge in [-0.2, -0.15) is 0 Å². The number of anilines is 2. The molecule has 3 heterocycles. The molecule has 0 unspecified atom stereocenters. The SMILES string of the molecule is CSc1nccn1-c1ccc(C(=O)Nc2ccc(N3CCCC3)nc2)cc1. The van der Waals surface area contributed by atoms with Gasteiger partial charge < -0.3 is 10.2 Å². The lowest BCUT2D eigenvalue weighted by Crippen LogP contribution is -2.19. The number of amides is 1.